The number of rotatable bonds is 18. The van der Waals surface area contributed by atoms with Gasteiger partial charge in [-0.3, -0.25) is 24.2 Å². The molecule has 14 N–H and O–H groups in total. The van der Waals surface area contributed by atoms with Gasteiger partial charge in [0.15, 0.2) is 5.96 Å². The van der Waals surface area contributed by atoms with Crippen LogP contribution in [0.1, 0.15) is 326 Å². The van der Waals surface area contributed by atoms with Crippen LogP contribution in [0.15, 0.2) is 266 Å². The third kappa shape index (κ3) is 71.2. The van der Waals surface area contributed by atoms with Gasteiger partial charge in [0, 0.05) is 26.4 Å². The van der Waals surface area contributed by atoms with E-state index in [0.717, 1.165) is 19.3 Å². The number of carbonyl (C=O) groups is 4. The van der Waals surface area contributed by atoms with Gasteiger partial charge >= 0.3 is 5.97 Å². The van der Waals surface area contributed by atoms with E-state index >= 15 is 0 Å². The summed E-state index contributed by atoms with van der Waals surface area (Å²) in [6.07, 6.45) is 4.49. The van der Waals surface area contributed by atoms with Crippen molar-refractivity contribution in [2.75, 3.05) is 13.1 Å². The van der Waals surface area contributed by atoms with Gasteiger partial charge in [-0.25, -0.2) is 0 Å². The lowest BCUT2D eigenvalue weighted by atomic mass is 9.87. The van der Waals surface area contributed by atoms with Crippen LogP contribution in [0, 0.1) is 30.1 Å². The van der Waals surface area contributed by atoms with E-state index in [4.69, 9.17) is 16.6 Å². The third-order valence-electron chi connectivity index (χ3n) is 18.0. The van der Waals surface area contributed by atoms with Gasteiger partial charge < -0.3 is 44.8 Å². The smallest absolute Gasteiger partial charge is 0.303 e. The van der Waals surface area contributed by atoms with Gasteiger partial charge in [-0.2, -0.15) is 0 Å². The quantitative estimate of drug-likeness (QED) is 0.0230. The zero-order valence-electron chi connectivity index (χ0n) is 85.7. The van der Waals surface area contributed by atoms with Crippen molar-refractivity contribution in [1.29, 1.82) is 0 Å². The van der Waals surface area contributed by atoms with Crippen molar-refractivity contribution in [3.63, 3.8) is 0 Å². The number of aryl methyl sites for hydroxylation is 2. The molecule has 704 valence electrons. The Labute approximate surface area is 771 Å². The maximum absolute atomic E-state index is 12.1. The number of nitrogens with one attached hydrogen (secondary N) is 3. The first-order chi connectivity index (χ1) is 57.9. The number of aliphatic carboxylic acids is 1. The fourth-order valence-corrected chi connectivity index (χ4v) is 11.8. The van der Waals surface area contributed by atoms with Crippen LogP contribution in [0.3, 0.4) is 0 Å². The molecule has 9 rings (SSSR count). The summed E-state index contributed by atoms with van der Waals surface area (Å²) >= 11 is 0. The van der Waals surface area contributed by atoms with Crippen LogP contribution in [-0.4, -0.2) is 59.9 Å². The highest BCUT2D eigenvalue weighted by atomic mass is 16.4. The fourth-order valence-electron chi connectivity index (χ4n) is 11.8. The topological polar surface area (TPSA) is 259 Å². The fraction of sp³-hybridized carbons (Fsp3) is 0.478. The molecule has 0 radical (unpaired) electrons. The van der Waals surface area contributed by atoms with Gasteiger partial charge in [0.05, 0.1) is 0 Å². The lowest BCUT2D eigenvalue weighted by Gasteiger charge is -2.20. The predicted molar refractivity (Wildman–Crippen MR) is 554 cm³/mol. The van der Waals surface area contributed by atoms with E-state index in [-0.39, 0.29) is 37.0 Å². The standard InChI is InChI=1S/C15H28N6O5.4C11H16.3C10H14.2C9H12.3C2H6.2H3N/c1-9(13(25)18-7-3-4-8-19-15(16)17)20-14(26)11(21-10(2)22)5-6-12(23)24;1-8(2)11-9(3)6-5-7-10(11)4;3*1-11(2,3)9-10-7-5-4-6-8-10;3*1-10(2,3)9-7-5-4-6-8-9;2*1-8(2)9-6-4-3-5-7-9;3*1-2;;/h9,11H,3-8H2,1-2H3,(H,18,25)(H,20,26)(H,21,22)(H,23,24)(H4,16,17,19);5-8H,1-4H3;3*4-8H,9H2,1-3H3;3*4-8H,1-3H3;2*3-8H,1-2H3;3*1-2H3;2*1H3/t9-,11-;;;;;;;;;;;;;;/m0............../s1. The van der Waals surface area contributed by atoms with E-state index in [1.807, 2.05) is 53.7 Å². The van der Waals surface area contributed by atoms with E-state index < -0.39 is 29.9 Å². The molecule has 3 amide bonds. The Morgan fingerprint density at radius 1 is 0.365 bits per heavy atom. The summed E-state index contributed by atoms with van der Waals surface area (Å²) in [5, 5.41) is 16.2. The number of guanidine groups is 1. The number of hydrogen-bond donors (Lipinski definition) is 8. The molecule has 0 aliphatic rings. The Balaban J connectivity index is -0.000000321. The average Bonchev–Trinajstić information content (AvgIpc) is 0.850. The van der Waals surface area contributed by atoms with Gasteiger partial charge in [0.1, 0.15) is 12.1 Å². The second-order valence-corrected chi connectivity index (χ2v) is 37.8. The van der Waals surface area contributed by atoms with Crippen LogP contribution in [0.25, 0.3) is 0 Å². The highest BCUT2D eigenvalue weighted by Gasteiger charge is 2.25. The molecule has 9 aromatic rings. The molecule has 0 heterocycles. The van der Waals surface area contributed by atoms with Crippen LogP contribution >= 0.6 is 0 Å². The number of amides is 3. The minimum atomic E-state index is -1.08. The Bertz CT molecular complexity index is 3790. The number of benzene rings is 9. The highest BCUT2D eigenvalue weighted by Crippen LogP contribution is 2.26. The van der Waals surface area contributed by atoms with Gasteiger partial charge in [-0.05, 0) is 171 Å². The lowest BCUT2D eigenvalue weighted by Crippen LogP contribution is -2.52. The van der Waals surface area contributed by atoms with E-state index in [2.05, 4.69) is 450 Å². The second kappa shape index (κ2) is 71.1. The normalized spacial score (nSPS) is 10.8. The Morgan fingerprint density at radius 3 is 0.841 bits per heavy atom. The molecule has 0 spiro atoms. The molecule has 9 aromatic carbocycles. The molecule has 0 fully saturated rings. The minimum Gasteiger partial charge on any atom is -0.481 e. The SMILES string of the molecule is CC.CC.CC.CC(=O)N[C@@H](CCC(=O)O)C(=O)N[C@@H](C)C(=O)NCCCCN=C(N)N.CC(C)(C)Cc1ccccc1.CC(C)(C)Cc1ccccc1.CC(C)(C)Cc1ccccc1.CC(C)(C)c1ccccc1.CC(C)(C)c1ccccc1.CC(C)(C)c1ccccc1.CC(C)c1ccccc1.CC(C)c1ccccc1.Cc1cccc(C)c1C(C)C.N.N. The summed E-state index contributed by atoms with van der Waals surface area (Å²) in [5.74, 6) is -0.569. The Kier molecular flexibility index (Phi) is 71.6. The molecule has 0 saturated heterocycles. The van der Waals surface area contributed by atoms with Crippen LogP contribution in [-0.2, 0) is 54.7 Å². The summed E-state index contributed by atoms with van der Waals surface area (Å²) in [6, 6.07) is 89.2. The van der Waals surface area contributed by atoms with Crippen LogP contribution in [0.4, 0.5) is 0 Å². The molecule has 2 atom stereocenters. The first-order valence-corrected chi connectivity index (χ1v) is 45.5. The van der Waals surface area contributed by atoms with Crippen LogP contribution in [0.2, 0.25) is 0 Å². The number of aliphatic imine (C=N–C) groups is 1. The highest BCUT2D eigenvalue weighted by molar-refractivity contribution is 5.91. The maximum atomic E-state index is 12.1. The van der Waals surface area contributed by atoms with Crippen molar-refractivity contribution in [3.8, 4) is 0 Å². The molecule has 0 aliphatic carbocycles. The summed E-state index contributed by atoms with van der Waals surface area (Å²) in [6.45, 7) is 73.6. The largest absolute Gasteiger partial charge is 0.481 e. The summed E-state index contributed by atoms with van der Waals surface area (Å²) in [4.78, 5) is 49.7. The molecule has 0 bridgehead atoms. The Morgan fingerprint density at radius 2 is 0.635 bits per heavy atom. The van der Waals surface area contributed by atoms with Crippen molar-refractivity contribution in [1.82, 2.24) is 28.3 Å². The monoisotopic (exact) mass is 1730 g/mol. The molecule has 13 nitrogen and oxygen atoms in total. The van der Waals surface area contributed by atoms with Crippen molar-refractivity contribution in [2.24, 2.45) is 32.7 Å². The number of hydrogen-bond acceptors (Lipinski definition) is 7. The van der Waals surface area contributed by atoms with Crippen molar-refractivity contribution >= 4 is 29.7 Å². The lowest BCUT2D eigenvalue weighted by molar-refractivity contribution is -0.138. The summed E-state index contributed by atoms with van der Waals surface area (Å²) in [5.41, 5.74) is 28.1. The van der Waals surface area contributed by atoms with Crippen LogP contribution in [0.5, 0.6) is 0 Å². The second-order valence-electron chi connectivity index (χ2n) is 37.8. The first-order valence-electron chi connectivity index (χ1n) is 45.5. The zero-order chi connectivity index (χ0) is 95.7. The minimum absolute atomic E-state index is 0. The molecule has 0 unspecified atom stereocenters. The Hall–Kier alpha value is -9.95. The van der Waals surface area contributed by atoms with Crippen LogP contribution < -0.4 is 39.7 Å². The maximum Gasteiger partial charge on any atom is 0.303 e. The molecule has 0 aliphatic heterocycles. The van der Waals surface area contributed by atoms with E-state index in [1.54, 1.807) is 0 Å². The predicted octanol–water partition coefficient (Wildman–Crippen LogP) is 29.3. The van der Waals surface area contributed by atoms with Crippen molar-refractivity contribution in [2.45, 2.75) is 326 Å². The van der Waals surface area contributed by atoms with E-state index in [9.17, 15) is 19.2 Å². The number of carboxylic acids is 1. The average molecular weight is 1730 g/mol. The molecular formula is C113H182N8O5. The zero-order valence-corrected chi connectivity index (χ0v) is 85.7. The summed E-state index contributed by atoms with van der Waals surface area (Å²) < 4.78 is 0. The first kappa shape index (κ1) is 127. The van der Waals surface area contributed by atoms with E-state index in [1.165, 1.54) is 75.0 Å². The van der Waals surface area contributed by atoms with Gasteiger partial charge in [0.2, 0.25) is 17.7 Å². The molecule has 13 heteroatoms. The van der Waals surface area contributed by atoms with Crippen molar-refractivity contribution in [3.05, 3.63) is 322 Å². The number of carbonyl (C=O) groups excluding carboxylic acids is 3. The van der Waals surface area contributed by atoms with Gasteiger partial charge in [0.25, 0.3) is 0 Å². The van der Waals surface area contributed by atoms with Gasteiger partial charge in [-0.1, -0.05) is 469 Å². The molecule has 0 aromatic heterocycles. The molecule has 126 heavy (non-hydrogen) atoms. The number of carboxylic acid groups (broad SMARTS) is 1. The van der Waals surface area contributed by atoms with Crippen molar-refractivity contribution < 1.29 is 24.3 Å². The molecule has 0 saturated carbocycles. The number of unbranched alkanes of at least 4 members (excludes halogenated alkanes) is 1. The van der Waals surface area contributed by atoms with Gasteiger partial charge in [-0.15, -0.1) is 0 Å². The van der Waals surface area contributed by atoms with E-state index in [0.29, 0.717) is 76.2 Å². The number of nitrogens with two attached hydrogens (primary N) is 2. The third-order valence-corrected chi connectivity index (χ3v) is 18.0. The molecular weight excluding hydrogens is 1550 g/mol. The number of nitrogens with zero attached hydrogens (tertiary/aromatic N) is 1. The summed E-state index contributed by atoms with van der Waals surface area (Å²) in [7, 11) is 0.